The quantitative estimate of drug-likeness (QED) is 0.702. The van der Waals surface area contributed by atoms with Crippen LogP contribution in [-0.4, -0.2) is 67.6 Å². The van der Waals surface area contributed by atoms with Crippen LogP contribution in [0.25, 0.3) is 0 Å². The van der Waals surface area contributed by atoms with Crippen LogP contribution in [0.5, 0.6) is 0 Å². The van der Waals surface area contributed by atoms with Crippen molar-refractivity contribution in [3.05, 3.63) is 35.4 Å². The van der Waals surface area contributed by atoms with Crippen molar-refractivity contribution in [3.8, 4) is 0 Å². The van der Waals surface area contributed by atoms with Crippen molar-refractivity contribution < 1.29 is 14.3 Å². The normalized spacial score (nSPS) is 17.9. The molecule has 1 aliphatic heterocycles. The fourth-order valence-electron chi connectivity index (χ4n) is 3.39. The highest BCUT2D eigenvalue weighted by atomic mass is 16.5. The Hall–Kier alpha value is -1.92. The highest BCUT2D eigenvalue weighted by molar-refractivity contribution is 5.85. The first kappa shape index (κ1) is 21.4. The second-order valence-electron chi connectivity index (χ2n) is 7.50. The zero-order chi connectivity index (χ0) is 19.8. The SMILES string of the molecule is CC[C@@H](C)[C@@H](NC(=O)CN1CCN(Cc2cccc(C)c2)CC1)C(=O)OC. The monoisotopic (exact) mass is 375 g/mol. The van der Waals surface area contributed by atoms with E-state index < -0.39 is 6.04 Å². The molecule has 0 saturated carbocycles. The first-order chi connectivity index (χ1) is 12.9. The van der Waals surface area contributed by atoms with Crippen molar-refractivity contribution in [1.82, 2.24) is 15.1 Å². The van der Waals surface area contributed by atoms with E-state index in [1.165, 1.54) is 18.2 Å². The summed E-state index contributed by atoms with van der Waals surface area (Å²) in [5, 5.41) is 2.85. The van der Waals surface area contributed by atoms with E-state index in [9.17, 15) is 9.59 Å². The Morgan fingerprint density at radius 3 is 2.44 bits per heavy atom. The summed E-state index contributed by atoms with van der Waals surface area (Å²) in [4.78, 5) is 28.9. The Bertz CT molecular complexity index is 627. The minimum atomic E-state index is -0.574. The van der Waals surface area contributed by atoms with Gasteiger partial charge in [-0.3, -0.25) is 14.6 Å². The first-order valence-corrected chi connectivity index (χ1v) is 9.80. The van der Waals surface area contributed by atoms with E-state index >= 15 is 0 Å². The van der Waals surface area contributed by atoms with Crippen LogP contribution in [0.15, 0.2) is 24.3 Å². The molecule has 0 aromatic heterocycles. The van der Waals surface area contributed by atoms with Crippen LogP contribution in [0, 0.1) is 12.8 Å². The highest BCUT2D eigenvalue weighted by Crippen LogP contribution is 2.11. The predicted octanol–water partition coefficient (Wildman–Crippen LogP) is 1.82. The van der Waals surface area contributed by atoms with Crippen molar-refractivity contribution in [2.75, 3.05) is 39.8 Å². The second-order valence-corrected chi connectivity index (χ2v) is 7.50. The van der Waals surface area contributed by atoms with Gasteiger partial charge in [0.2, 0.25) is 5.91 Å². The molecule has 0 bridgehead atoms. The maximum Gasteiger partial charge on any atom is 0.328 e. The number of ether oxygens (including phenoxy) is 1. The van der Waals surface area contributed by atoms with Crippen LogP contribution in [0.2, 0.25) is 0 Å². The zero-order valence-electron chi connectivity index (χ0n) is 17.0. The van der Waals surface area contributed by atoms with E-state index in [0.717, 1.165) is 39.1 Å². The number of hydrogen-bond donors (Lipinski definition) is 1. The fourth-order valence-corrected chi connectivity index (χ4v) is 3.39. The third-order valence-corrected chi connectivity index (χ3v) is 5.31. The number of nitrogens with zero attached hydrogens (tertiary/aromatic N) is 2. The van der Waals surface area contributed by atoms with Gasteiger partial charge in [0.05, 0.1) is 13.7 Å². The number of methoxy groups -OCH3 is 1. The number of nitrogens with one attached hydrogen (secondary N) is 1. The van der Waals surface area contributed by atoms with Crippen LogP contribution in [0.3, 0.4) is 0 Å². The van der Waals surface area contributed by atoms with E-state index in [4.69, 9.17) is 4.74 Å². The number of aryl methyl sites for hydroxylation is 1. The molecule has 1 amide bonds. The summed E-state index contributed by atoms with van der Waals surface area (Å²) in [5.74, 6) is -0.439. The summed E-state index contributed by atoms with van der Waals surface area (Å²) in [7, 11) is 1.36. The van der Waals surface area contributed by atoms with Gasteiger partial charge in [-0.15, -0.1) is 0 Å². The van der Waals surface area contributed by atoms with Gasteiger partial charge in [-0.05, 0) is 18.4 Å². The molecule has 150 valence electrons. The van der Waals surface area contributed by atoms with E-state index in [1.807, 2.05) is 13.8 Å². The van der Waals surface area contributed by atoms with Gasteiger partial charge in [0, 0.05) is 32.7 Å². The lowest BCUT2D eigenvalue weighted by atomic mass is 9.99. The molecule has 1 aliphatic rings. The van der Waals surface area contributed by atoms with Crippen molar-refractivity contribution in [1.29, 1.82) is 0 Å². The topological polar surface area (TPSA) is 61.9 Å². The third kappa shape index (κ3) is 6.63. The molecule has 1 heterocycles. The maximum absolute atomic E-state index is 12.4. The minimum absolute atomic E-state index is 0.0487. The molecule has 1 saturated heterocycles. The molecule has 6 heteroatoms. The number of piperazine rings is 1. The Morgan fingerprint density at radius 1 is 1.19 bits per heavy atom. The highest BCUT2D eigenvalue weighted by Gasteiger charge is 2.27. The number of rotatable bonds is 8. The summed E-state index contributed by atoms with van der Waals surface area (Å²) in [6, 6.07) is 8.02. The summed E-state index contributed by atoms with van der Waals surface area (Å²) in [6.45, 7) is 10.9. The largest absolute Gasteiger partial charge is 0.467 e. The first-order valence-electron chi connectivity index (χ1n) is 9.80. The van der Waals surface area contributed by atoms with Crippen LogP contribution in [0.1, 0.15) is 31.4 Å². The molecule has 0 spiro atoms. The molecule has 0 radical (unpaired) electrons. The summed E-state index contributed by atoms with van der Waals surface area (Å²) in [5.41, 5.74) is 2.61. The zero-order valence-corrected chi connectivity index (χ0v) is 17.0. The predicted molar refractivity (Wildman–Crippen MR) is 106 cm³/mol. The van der Waals surface area contributed by atoms with Crippen molar-refractivity contribution in [3.63, 3.8) is 0 Å². The summed E-state index contributed by atoms with van der Waals surface area (Å²) >= 11 is 0. The summed E-state index contributed by atoms with van der Waals surface area (Å²) in [6.07, 6.45) is 0.803. The van der Waals surface area contributed by atoms with Gasteiger partial charge in [0.25, 0.3) is 0 Å². The molecule has 27 heavy (non-hydrogen) atoms. The fraction of sp³-hybridized carbons (Fsp3) is 0.619. The van der Waals surface area contributed by atoms with Crippen molar-refractivity contribution in [2.45, 2.75) is 39.8 Å². The van der Waals surface area contributed by atoms with Crippen molar-refractivity contribution in [2.24, 2.45) is 5.92 Å². The molecule has 2 atom stereocenters. The van der Waals surface area contributed by atoms with Gasteiger partial charge < -0.3 is 10.1 Å². The summed E-state index contributed by atoms with van der Waals surface area (Å²) < 4.78 is 4.83. The lowest BCUT2D eigenvalue weighted by molar-refractivity contribution is -0.146. The van der Waals surface area contributed by atoms with E-state index in [1.54, 1.807) is 0 Å². The van der Waals surface area contributed by atoms with E-state index in [-0.39, 0.29) is 17.8 Å². The minimum Gasteiger partial charge on any atom is -0.467 e. The molecule has 6 nitrogen and oxygen atoms in total. The van der Waals surface area contributed by atoms with Gasteiger partial charge in [-0.1, -0.05) is 50.1 Å². The number of benzene rings is 1. The van der Waals surface area contributed by atoms with Gasteiger partial charge in [0.15, 0.2) is 0 Å². The number of amides is 1. The molecule has 0 aliphatic carbocycles. The molecular formula is C21H33N3O3. The lowest BCUT2D eigenvalue weighted by Gasteiger charge is -2.34. The third-order valence-electron chi connectivity index (χ3n) is 5.31. The van der Waals surface area contributed by atoms with Crippen LogP contribution in [0.4, 0.5) is 0 Å². The molecule has 1 aromatic carbocycles. The Kier molecular flexibility index (Phi) is 8.25. The number of esters is 1. The molecule has 2 rings (SSSR count). The van der Waals surface area contributed by atoms with Gasteiger partial charge in [0.1, 0.15) is 6.04 Å². The van der Waals surface area contributed by atoms with Gasteiger partial charge in [-0.25, -0.2) is 4.79 Å². The molecular weight excluding hydrogens is 342 g/mol. The number of carbonyl (C=O) groups excluding carboxylic acids is 2. The Morgan fingerprint density at radius 2 is 1.85 bits per heavy atom. The van der Waals surface area contributed by atoms with Crippen LogP contribution >= 0.6 is 0 Å². The molecule has 1 N–H and O–H groups in total. The van der Waals surface area contributed by atoms with Gasteiger partial charge >= 0.3 is 5.97 Å². The smallest absolute Gasteiger partial charge is 0.328 e. The number of carbonyl (C=O) groups is 2. The van der Waals surface area contributed by atoms with Crippen LogP contribution in [-0.2, 0) is 20.9 Å². The van der Waals surface area contributed by atoms with Crippen LogP contribution < -0.4 is 5.32 Å². The van der Waals surface area contributed by atoms with E-state index in [2.05, 4.69) is 46.3 Å². The maximum atomic E-state index is 12.4. The molecule has 1 fully saturated rings. The standard InChI is InChI=1S/C21H33N3O3/c1-5-17(3)20(21(26)27-4)22-19(25)15-24-11-9-23(10-12-24)14-18-8-6-7-16(2)13-18/h6-8,13,17,20H,5,9-12,14-15H2,1-4H3,(H,22,25)/t17-,20-/m1/s1. The average molecular weight is 376 g/mol. The second kappa shape index (κ2) is 10.4. The Balaban J connectivity index is 1.78. The molecule has 1 aromatic rings. The molecule has 0 unspecified atom stereocenters. The van der Waals surface area contributed by atoms with Crippen molar-refractivity contribution >= 4 is 11.9 Å². The average Bonchev–Trinajstić information content (AvgIpc) is 2.66. The Labute approximate surface area is 162 Å². The lowest BCUT2D eigenvalue weighted by Crippen LogP contribution is -2.52. The number of hydrogen-bond acceptors (Lipinski definition) is 5. The van der Waals surface area contributed by atoms with Gasteiger partial charge in [-0.2, -0.15) is 0 Å². The van der Waals surface area contributed by atoms with E-state index in [0.29, 0.717) is 6.54 Å².